The van der Waals surface area contributed by atoms with Gasteiger partial charge in [-0.05, 0) is 32.1 Å². The number of piperidine rings is 1. The minimum absolute atomic E-state index is 0.198. The molecule has 1 amide bonds. The predicted molar refractivity (Wildman–Crippen MR) is 70.2 cm³/mol. The topological polar surface area (TPSA) is 49.4 Å². The van der Waals surface area contributed by atoms with Gasteiger partial charge < -0.3 is 10.2 Å². The van der Waals surface area contributed by atoms with Crippen molar-refractivity contribution in [1.29, 1.82) is 0 Å². The first-order chi connectivity index (χ1) is 8.59. The summed E-state index contributed by atoms with van der Waals surface area (Å²) in [6.45, 7) is 5.18. The number of nitrogens with zero attached hydrogens (tertiary/aromatic N) is 1. The molecule has 1 unspecified atom stereocenters. The quantitative estimate of drug-likeness (QED) is 0.751. The third-order valence-electron chi connectivity index (χ3n) is 3.84. The van der Waals surface area contributed by atoms with Crippen LogP contribution in [0.15, 0.2) is 0 Å². The molecular formula is C14H24N2O2. The number of rotatable bonds is 5. The van der Waals surface area contributed by atoms with Crippen LogP contribution in [0.4, 0.5) is 0 Å². The zero-order valence-electron chi connectivity index (χ0n) is 11.4. The van der Waals surface area contributed by atoms with E-state index in [0.29, 0.717) is 6.04 Å². The zero-order valence-corrected chi connectivity index (χ0v) is 11.4. The molecule has 1 heterocycles. The highest BCUT2D eigenvalue weighted by Gasteiger charge is 2.32. The molecular weight excluding hydrogens is 228 g/mol. The largest absolute Gasteiger partial charge is 0.332 e. The van der Waals surface area contributed by atoms with Crippen LogP contribution in [-0.4, -0.2) is 41.8 Å². The van der Waals surface area contributed by atoms with Crippen molar-refractivity contribution in [3.63, 3.8) is 0 Å². The lowest BCUT2D eigenvalue weighted by molar-refractivity contribution is -0.148. The van der Waals surface area contributed by atoms with E-state index in [1.165, 1.54) is 12.8 Å². The molecule has 1 saturated heterocycles. The molecule has 0 aromatic rings. The smallest absolute Gasteiger partial charge is 0.290 e. The van der Waals surface area contributed by atoms with Gasteiger partial charge in [-0.1, -0.05) is 13.8 Å². The second-order valence-electron chi connectivity index (χ2n) is 5.85. The molecule has 102 valence electrons. The molecule has 4 heteroatoms. The Bertz CT molecular complexity index is 324. The Kier molecular flexibility index (Phi) is 4.38. The van der Waals surface area contributed by atoms with E-state index in [0.717, 1.165) is 32.4 Å². The van der Waals surface area contributed by atoms with Crippen molar-refractivity contribution in [2.45, 2.75) is 58.0 Å². The van der Waals surface area contributed by atoms with Gasteiger partial charge >= 0.3 is 0 Å². The third-order valence-corrected chi connectivity index (χ3v) is 3.84. The summed E-state index contributed by atoms with van der Waals surface area (Å²) < 4.78 is 0. The lowest BCUT2D eigenvalue weighted by Gasteiger charge is -2.35. The summed E-state index contributed by atoms with van der Waals surface area (Å²) in [5.74, 6) is -0.711. The van der Waals surface area contributed by atoms with Crippen LogP contribution in [0.25, 0.3) is 0 Å². The highest BCUT2D eigenvalue weighted by molar-refractivity contribution is 6.36. The summed E-state index contributed by atoms with van der Waals surface area (Å²) in [7, 11) is 0. The summed E-state index contributed by atoms with van der Waals surface area (Å²) in [5.41, 5.74) is 0. The summed E-state index contributed by atoms with van der Waals surface area (Å²) in [6, 6.07) is 0.874. The third kappa shape index (κ3) is 3.31. The molecule has 0 spiro atoms. The molecule has 1 aliphatic carbocycles. The fourth-order valence-corrected chi connectivity index (χ4v) is 2.46. The standard InChI is InChI=1S/C14H24N2O2/c1-10(2)13(17)14(18)16-8-4-3-5-12(16)9-15-11-6-7-11/h10-12,15H,3-9H2,1-2H3. The number of nitrogens with one attached hydrogen (secondary N) is 1. The van der Waals surface area contributed by atoms with E-state index in [9.17, 15) is 9.59 Å². The minimum Gasteiger partial charge on any atom is -0.332 e. The van der Waals surface area contributed by atoms with Crippen molar-refractivity contribution in [3.05, 3.63) is 0 Å². The van der Waals surface area contributed by atoms with Crippen LogP contribution in [0.1, 0.15) is 46.0 Å². The average Bonchev–Trinajstić information content (AvgIpc) is 3.19. The number of carbonyl (C=O) groups is 2. The van der Waals surface area contributed by atoms with Gasteiger partial charge in [0.25, 0.3) is 5.91 Å². The van der Waals surface area contributed by atoms with Crippen LogP contribution < -0.4 is 5.32 Å². The Balaban J connectivity index is 1.92. The fourth-order valence-electron chi connectivity index (χ4n) is 2.46. The van der Waals surface area contributed by atoms with E-state index in [1.807, 2.05) is 0 Å². The molecule has 1 aliphatic heterocycles. The molecule has 2 aliphatic rings. The molecule has 1 saturated carbocycles. The minimum atomic E-state index is -0.271. The van der Waals surface area contributed by atoms with Crippen LogP contribution in [0, 0.1) is 5.92 Å². The van der Waals surface area contributed by atoms with Gasteiger partial charge in [0, 0.05) is 31.1 Å². The maximum atomic E-state index is 12.2. The average molecular weight is 252 g/mol. The SMILES string of the molecule is CC(C)C(=O)C(=O)N1CCCCC1CNC1CC1. The molecule has 0 aromatic heterocycles. The van der Waals surface area contributed by atoms with E-state index in [2.05, 4.69) is 5.32 Å². The lowest BCUT2D eigenvalue weighted by Crippen LogP contribution is -2.51. The molecule has 1 atom stereocenters. The number of likely N-dealkylation sites (tertiary alicyclic amines) is 1. The van der Waals surface area contributed by atoms with E-state index in [1.54, 1.807) is 18.7 Å². The van der Waals surface area contributed by atoms with E-state index >= 15 is 0 Å². The maximum Gasteiger partial charge on any atom is 0.290 e. The zero-order chi connectivity index (χ0) is 13.1. The molecule has 2 fully saturated rings. The van der Waals surface area contributed by atoms with E-state index < -0.39 is 0 Å². The van der Waals surface area contributed by atoms with Crippen molar-refractivity contribution in [2.75, 3.05) is 13.1 Å². The Hall–Kier alpha value is -0.900. The van der Waals surface area contributed by atoms with Gasteiger partial charge in [-0.3, -0.25) is 9.59 Å². The van der Waals surface area contributed by atoms with Gasteiger partial charge in [0.1, 0.15) is 0 Å². The van der Waals surface area contributed by atoms with Crippen LogP contribution in [0.2, 0.25) is 0 Å². The maximum absolute atomic E-state index is 12.2. The Morgan fingerprint density at radius 2 is 1.94 bits per heavy atom. The van der Waals surface area contributed by atoms with Crippen molar-refractivity contribution in [2.24, 2.45) is 5.92 Å². The van der Waals surface area contributed by atoms with Crippen LogP contribution >= 0.6 is 0 Å². The van der Waals surface area contributed by atoms with Gasteiger partial charge in [0.15, 0.2) is 0 Å². The summed E-state index contributed by atoms with van der Waals surface area (Å²) in [5, 5.41) is 3.47. The number of Topliss-reactive ketones (excluding diaryl/α,β-unsaturated/α-hetero) is 1. The Morgan fingerprint density at radius 3 is 2.56 bits per heavy atom. The monoisotopic (exact) mass is 252 g/mol. The first-order valence-electron chi connectivity index (χ1n) is 7.17. The molecule has 0 bridgehead atoms. The van der Waals surface area contributed by atoms with E-state index in [4.69, 9.17) is 0 Å². The molecule has 18 heavy (non-hydrogen) atoms. The number of hydrogen-bond acceptors (Lipinski definition) is 3. The van der Waals surface area contributed by atoms with Gasteiger partial charge in [0.05, 0.1) is 0 Å². The second-order valence-corrected chi connectivity index (χ2v) is 5.85. The van der Waals surface area contributed by atoms with Crippen molar-refractivity contribution >= 4 is 11.7 Å². The highest BCUT2D eigenvalue weighted by Crippen LogP contribution is 2.21. The number of ketones is 1. The second kappa shape index (κ2) is 5.83. The number of amides is 1. The van der Waals surface area contributed by atoms with Crippen LogP contribution in [0.5, 0.6) is 0 Å². The van der Waals surface area contributed by atoms with Crippen LogP contribution in [-0.2, 0) is 9.59 Å². The molecule has 0 radical (unpaired) electrons. The molecule has 0 aromatic carbocycles. The predicted octanol–water partition coefficient (Wildman–Crippen LogP) is 1.34. The number of hydrogen-bond donors (Lipinski definition) is 1. The first kappa shape index (κ1) is 13.5. The summed E-state index contributed by atoms with van der Waals surface area (Å²) >= 11 is 0. The summed E-state index contributed by atoms with van der Waals surface area (Å²) in [6.07, 6.45) is 5.72. The first-order valence-corrected chi connectivity index (χ1v) is 7.17. The van der Waals surface area contributed by atoms with Gasteiger partial charge in [-0.15, -0.1) is 0 Å². The van der Waals surface area contributed by atoms with Crippen molar-refractivity contribution < 1.29 is 9.59 Å². The molecule has 1 N–H and O–H groups in total. The molecule has 4 nitrogen and oxygen atoms in total. The Labute approximate surface area is 109 Å². The van der Waals surface area contributed by atoms with Gasteiger partial charge in [-0.25, -0.2) is 0 Å². The lowest BCUT2D eigenvalue weighted by atomic mass is 9.99. The highest BCUT2D eigenvalue weighted by atomic mass is 16.2. The summed E-state index contributed by atoms with van der Waals surface area (Å²) in [4.78, 5) is 25.8. The fraction of sp³-hybridized carbons (Fsp3) is 0.857. The van der Waals surface area contributed by atoms with Gasteiger partial charge in [0.2, 0.25) is 5.78 Å². The van der Waals surface area contributed by atoms with Crippen molar-refractivity contribution in [1.82, 2.24) is 10.2 Å². The molecule has 2 rings (SSSR count). The van der Waals surface area contributed by atoms with E-state index in [-0.39, 0.29) is 23.7 Å². The Morgan fingerprint density at radius 1 is 1.22 bits per heavy atom. The van der Waals surface area contributed by atoms with Crippen molar-refractivity contribution in [3.8, 4) is 0 Å². The number of carbonyl (C=O) groups excluding carboxylic acids is 2. The van der Waals surface area contributed by atoms with Gasteiger partial charge in [-0.2, -0.15) is 0 Å². The normalized spacial score (nSPS) is 24.4. The van der Waals surface area contributed by atoms with Crippen LogP contribution in [0.3, 0.4) is 0 Å².